The highest BCUT2D eigenvalue weighted by Gasteiger charge is 2.45. The van der Waals surface area contributed by atoms with Gasteiger partial charge >= 0.3 is 12.0 Å². The Balaban J connectivity index is 1.33. The Morgan fingerprint density at radius 1 is 0.816 bits per heavy atom. The number of esters is 1. The molecule has 3 unspecified atom stereocenters. The number of unbranched alkanes of at least 4 members (excludes halogenated alkanes) is 10. The van der Waals surface area contributed by atoms with E-state index in [1.165, 1.54) is 64.2 Å². The summed E-state index contributed by atoms with van der Waals surface area (Å²) in [7, 11) is 0. The lowest BCUT2D eigenvalue weighted by molar-refractivity contribution is -0.304. The fourth-order valence-electron chi connectivity index (χ4n) is 7.62. The third-order valence-corrected chi connectivity index (χ3v) is 10.7. The van der Waals surface area contributed by atoms with Crippen LogP contribution in [-0.4, -0.2) is 60.6 Å². The number of carbonyl (C=O) groups excluding carboxylic acids is 3. The van der Waals surface area contributed by atoms with Crippen molar-refractivity contribution in [2.45, 2.75) is 205 Å². The molecule has 1 saturated heterocycles. The van der Waals surface area contributed by atoms with E-state index >= 15 is 0 Å². The van der Waals surface area contributed by atoms with Gasteiger partial charge in [0, 0.05) is 17.5 Å². The number of urea groups is 1. The van der Waals surface area contributed by atoms with Crippen molar-refractivity contribution in [2.75, 3.05) is 13.2 Å². The van der Waals surface area contributed by atoms with E-state index in [1.807, 2.05) is 13.8 Å². The van der Waals surface area contributed by atoms with Gasteiger partial charge in [-0.15, -0.1) is 0 Å². The molecule has 3 fully saturated rings. The highest BCUT2D eigenvalue weighted by molar-refractivity contribution is 5.82. The summed E-state index contributed by atoms with van der Waals surface area (Å²) in [5.74, 6) is -1.46. The quantitative estimate of drug-likeness (QED) is 0.0631. The number of rotatable bonds is 21. The summed E-state index contributed by atoms with van der Waals surface area (Å²) in [6.07, 6.45) is 28.0. The summed E-state index contributed by atoms with van der Waals surface area (Å²) in [6, 6.07) is -0.352. The fourth-order valence-corrected chi connectivity index (χ4v) is 7.62. The van der Waals surface area contributed by atoms with E-state index in [4.69, 9.17) is 14.2 Å². The minimum absolute atomic E-state index is 0.0618. The molecule has 2 aliphatic carbocycles. The van der Waals surface area contributed by atoms with Gasteiger partial charge in [0.05, 0.1) is 19.1 Å². The molecule has 3 amide bonds. The maximum atomic E-state index is 13.3. The van der Waals surface area contributed by atoms with Crippen LogP contribution in [0.25, 0.3) is 0 Å². The molecule has 49 heavy (non-hydrogen) atoms. The summed E-state index contributed by atoms with van der Waals surface area (Å²) in [5, 5.41) is 9.40. The van der Waals surface area contributed by atoms with Gasteiger partial charge in [-0.25, -0.2) is 4.79 Å². The third kappa shape index (κ3) is 15.3. The van der Waals surface area contributed by atoms with E-state index in [9.17, 15) is 14.4 Å². The lowest BCUT2D eigenvalue weighted by atomic mass is 9.85. The minimum Gasteiger partial charge on any atom is -0.460 e. The maximum absolute atomic E-state index is 13.3. The molecule has 3 atom stereocenters. The first kappa shape index (κ1) is 41.3. The molecule has 282 valence electrons. The number of nitrogens with one attached hydrogen (secondary N) is 3. The van der Waals surface area contributed by atoms with Crippen molar-refractivity contribution in [3.63, 3.8) is 0 Å². The number of allylic oxidation sites excluding steroid dienone is 2. The summed E-state index contributed by atoms with van der Waals surface area (Å²) in [4.78, 5) is 39.0. The summed E-state index contributed by atoms with van der Waals surface area (Å²) >= 11 is 0. The van der Waals surface area contributed by atoms with Crippen LogP contribution < -0.4 is 16.0 Å². The Morgan fingerprint density at radius 2 is 1.45 bits per heavy atom. The van der Waals surface area contributed by atoms with Crippen molar-refractivity contribution in [1.82, 2.24) is 16.0 Å². The van der Waals surface area contributed by atoms with Crippen LogP contribution in [0.3, 0.4) is 0 Å². The standard InChI is InChI=1S/C40H71N3O6/c1-6-7-8-9-10-11-12-13-14-15-16-17-18-21-27-40(28-22-23-29-40)43-37(46)42-32-24-19-20-25-33(32)48-34(44)26-30-41-36(45)35-38(2,3)31-47-39(4,5)49-35/h14-15,32-33,35H,6-13,16-31H2,1-5H3,(H,41,45)(H2,42,43,46). The van der Waals surface area contributed by atoms with E-state index in [0.717, 1.165) is 70.6 Å². The Morgan fingerprint density at radius 3 is 2.14 bits per heavy atom. The number of hydrogen-bond acceptors (Lipinski definition) is 6. The third-order valence-electron chi connectivity index (χ3n) is 10.7. The maximum Gasteiger partial charge on any atom is 0.315 e. The lowest BCUT2D eigenvalue weighted by Gasteiger charge is -2.44. The monoisotopic (exact) mass is 690 g/mol. The van der Waals surface area contributed by atoms with Gasteiger partial charge in [-0.05, 0) is 78.1 Å². The van der Waals surface area contributed by atoms with Crippen molar-refractivity contribution in [2.24, 2.45) is 5.41 Å². The average Bonchev–Trinajstić information content (AvgIpc) is 3.51. The zero-order valence-electron chi connectivity index (χ0n) is 31.8. The van der Waals surface area contributed by atoms with E-state index < -0.39 is 17.3 Å². The second kappa shape index (κ2) is 21.3. The number of ether oxygens (including phenoxy) is 3. The molecule has 0 bridgehead atoms. The van der Waals surface area contributed by atoms with Crippen LogP contribution in [0.15, 0.2) is 12.2 Å². The lowest BCUT2D eigenvalue weighted by Crippen LogP contribution is -2.56. The molecular formula is C40H71N3O6. The largest absolute Gasteiger partial charge is 0.460 e. The number of amides is 3. The van der Waals surface area contributed by atoms with Gasteiger partial charge in [0.25, 0.3) is 0 Å². The molecular weight excluding hydrogens is 618 g/mol. The van der Waals surface area contributed by atoms with Crippen LogP contribution in [0.5, 0.6) is 0 Å². The Kier molecular flexibility index (Phi) is 17.9. The van der Waals surface area contributed by atoms with Gasteiger partial charge < -0.3 is 30.2 Å². The van der Waals surface area contributed by atoms with Gasteiger partial charge in [-0.3, -0.25) is 9.59 Å². The molecule has 3 N–H and O–H groups in total. The fraction of sp³-hybridized carbons (Fsp3) is 0.875. The summed E-state index contributed by atoms with van der Waals surface area (Å²) in [5.41, 5.74) is -0.615. The number of hydrogen-bond donors (Lipinski definition) is 3. The van der Waals surface area contributed by atoms with Crippen LogP contribution >= 0.6 is 0 Å². The van der Waals surface area contributed by atoms with Gasteiger partial charge in [0.1, 0.15) is 12.2 Å². The topological polar surface area (TPSA) is 115 Å². The molecule has 0 aromatic carbocycles. The predicted molar refractivity (Wildman–Crippen MR) is 196 cm³/mol. The van der Waals surface area contributed by atoms with Crippen LogP contribution in [0.1, 0.15) is 176 Å². The van der Waals surface area contributed by atoms with Crippen LogP contribution in [0.2, 0.25) is 0 Å². The molecule has 3 rings (SSSR count). The van der Waals surface area contributed by atoms with Gasteiger partial charge in [-0.1, -0.05) is 104 Å². The Hall–Kier alpha value is -2.13. The van der Waals surface area contributed by atoms with E-state index in [0.29, 0.717) is 6.61 Å². The van der Waals surface area contributed by atoms with Crippen LogP contribution in [0.4, 0.5) is 4.79 Å². The van der Waals surface area contributed by atoms with Crippen molar-refractivity contribution in [3.05, 3.63) is 12.2 Å². The first-order chi connectivity index (χ1) is 23.5. The predicted octanol–water partition coefficient (Wildman–Crippen LogP) is 8.78. The molecule has 9 nitrogen and oxygen atoms in total. The van der Waals surface area contributed by atoms with Gasteiger partial charge in [-0.2, -0.15) is 0 Å². The minimum atomic E-state index is -0.840. The van der Waals surface area contributed by atoms with Crippen molar-refractivity contribution >= 4 is 17.9 Å². The Bertz CT molecular complexity index is 1020. The Labute approximate surface area is 298 Å². The van der Waals surface area contributed by atoms with Crippen molar-refractivity contribution in [1.29, 1.82) is 0 Å². The van der Waals surface area contributed by atoms with Crippen molar-refractivity contribution < 1.29 is 28.6 Å². The molecule has 0 aromatic heterocycles. The zero-order valence-corrected chi connectivity index (χ0v) is 31.8. The smallest absolute Gasteiger partial charge is 0.315 e. The van der Waals surface area contributed by atoms with Crippen molar-refractivity contribution in [3.8, 4) is 0 Å². The molecule has 9 heteroatoms. The molecule has 1 heterocycles. The van der Waals surface area contributed by atoms with Crippen LogP contribution in [-0.2, 0) is 23.8 Å². The second-order valence-electron chi connectivity index (χ2n) is 16.2. The second-order valence-corrected chi connectivity index (χ2v) is 16.2. The average molecular weight is 690 g/mol. The molecule has 0 aromatic rings. The summed E-state index contributed by atoms with van der Waals surface area (Å²) < 4.78 is 17.5. The number of carbonyl (C=O) groups is 3. The SMILES string of the molecule is CCCCCCCCCC=CCCCCCC1(NC(=O)NC2CCCCC2OC(=O)CCNC(=O)C2OC(C)(C)OCC2(C)C)CCCC1. The first-order valence-corrected chi connectivity index (χ1v) is 20.0. The van der Waals surface area contributed by atoms with Crippen LogP contribution in [0, 0.1) is 5.41 Å². The molecule has 0 radical (unpaired) electrons. The molecule has 2 saturated carbocycles. The highest BCUT2D eigenvalue weighted by atomic mass is 16.7. The highest BCUT2D eigenvalue weighted by Crippen LogP contribution is 2.36. The molecule has 1 aliphatic heterocycles. The van der Waals surface area contributed by atoms with Gasteiger partial charge in [0.15, 0.2) is 5.79 Å². The molecule has 3 aliphatic rings. The van der Waals surface area contributed by atoms with E-state index in [1.54, 1.807) is 13.8 Å². The zero-order chi connectivity index (χ0) is 35.6. The first-order valence-electron chi connectivity index (χ1n) is 20.0. The van der Waals surface area contributed by atoms with Gasteiger partial charge in [0.2, 0.25) is 5.91 Å². The normalized spacial score (nSPS) is 24.4. The van der Waals surface area contributed by atoms with E-state index in [2.05, 4.69) is 35.0 Å². The summed E-state index contributed by atoms with van der Waals surface area (Å²) in [6.45, 7) is 10.3. The van der Waals surface area contributed by atoms with E-state index in [-0.39, 0.29) is 48.6 Å². The molecule has 0 spiro atoms.